The second kappa shape index (κ2) is 6.12. The van der Waals surface area contributed by atoms with Crippen LogP contribution in [0.25, 0.3) is 0 Å². The van der Waals surface area contributed by atoms with Crippen molar-refractivity contribution in [2.45, 2.75) is 19.4 Å². The first kappa shape index (κ1) is 14.0. The number of nitrogens with zero attached hydrogens (tertiary/aromatic N) is 1. The van der Waals surface area contributed by atoms with Gasteiger partial charge in [0.25, 0.3) is 10.2 Å². The standard InChI is InChI=1S/C11H19N3O2S2/c12-6-10-2-1-4-14(8-10)18(15,16)13-7-11-3-5-17-9-11/h3,5,9-10,13H,1-2,4,6-8,12H2. The van der Waals surface area contributed by atoms with Crippen LogP contribution in [0.1, 0.15) is 18.4 Å². The van der Waals surface area contributed by atoms with E-state index in [0.29, 0.717) is 26.2 Å². The molecule has 3 N–H and O–H groups in total. The molecule has 5 nitrogen and oxygen atoms in total. The summed E-state index contributed by atoms with van der Waals surface area (Å²) >= 11 is 1.56. The van der Waals surface area contributed by atoms with Crippen molar-refractivity contribution in [1.82, 2.24) is 9.03 Å². The van der Waals surface area contributed by atoms with E-state index >= 15 is 0 Å². The second-order valence-electron chi connectivity index (χ2n) is 4.56. The Labute approximate surface area is 112 Å². The summed E-state index contributed by atoms with van der Waals surface area (Å²) in [6, 6.07) is 1.92. The van der Waals surface area contributed by atoms with Gasteiger partial charge >= 0.3 is 0 Å². The van der Waals surface area contributed by atoms with Gasteiger partial charge in [0.15, 0.2) is 0 Å². The first-order valence-corrected chi connectivity index (χ1v) is 8.46. The van der Waals surface area contributed by atoms with Crippen molar-refractivity contribution in [2.75, 3.05) is 19.6 Å². The van der Waals surface area contributed by atoms with E-state index in [2.05, 4.69) is 4.72 Å². The topological polar surface area (TPSA) is 75.4 Å². The Kier molecular flexibility index (Phi) is 4.74. The Balaban J connectivity index is 1.93. The molecule has 0 saturated carbocycles. The minimum absolute atomic E-state index is 0.288. The fraction of sp³-hybridized carbons (Fsp3) is 0.636. The van der Waals surface area contributed by atoms with Crippen molar-refractivity contribution in [3.05, 3.63) is 22.4 Å². The Hall–Kier alpha value is -0.470. The maximum atomic E-state index is 12.1. The highest BCUT2D eigenvalue weighted by Gasteiger charge is 2.27. The maximum absolute atomic E-state index is 12.1. The van der Waals surface area contributed by atoms with Crippen molar-refractivity contribution in [1.29, 1.82) is 0 Å². The number of nitrogens with one attached hydrogen (secondary N) is 1. The van der Waals surface area contributed by atoms with Crippen LogP contribution in [-0.4, -0.2) is 32.4 Å². The molecule has 0 aromatic carbocycles. The van der Waals surface area contributed by atoms with Crippen molar-refractivity contribution >= 4 is 21.5 Å². The third-order valence-electron chi connectivity index (χ3n) is 3.19. The molecule has 0 spiro atoms. The van der Waals surface area contributed by atoms with Gasteiger partial charge in [0.05, 0.1) is 0 Å². The second-order valence-corrected chi connectivity index (χ2v) is 7.09. The number of piperidine rings is 1. The predicted octanol–water partition coefficient (Wildman–Crippen LogP) is 0.753. The Bertz CT molecular complexity index is 459. The van der Waals surface area contributed by atoms with E-state index in [9.17, 15) is 8.42 Å². The van der Waals surface area contributed by atoms with E-state index in [4.69, 9.17) is 5.73 Å². The molecule has 0 amide bonds. The summed E-state index contributed by atoms with van der Waals surface area (Å²) in [6.07, 6.45) is 1.91. The van der Waals surface area contributed by atoms with Crippen LogP contribution in [-0.2, 0) is 16.8 Å². The molecule has 2 rings (SSSR count). The van der Waals surface area contributed by atoms with Gasteiger partial charge < -0.3 is 5.73 Å². The molecule has 1 unspecified atom stereocenters. The molecule has 1 aliphatic heterocycles. The normalized spacial score (nSPS) is 22.2. The molecule has 18 heavy (non-hydrogen) atoms. The Morgan fingerprint density at radius 1 is 1.56 bits per heavy atom. The van der Waals surface area contributed by atoms with Crippen LogP contribution in [0.3, 0.4) is 0 Å². The summed E-state index contributed by atoms with van der Waals surface area (Å²) in [7, 11) is -3.37. The Morgan fingerprint density at radius 2 is 2.39 bits per heavy atom. The fourth-order valence-electron chi connectivity index (χ4n) is 2.10. The van der Waals surface area contributed by atoms with Gasteiger partial charge in [-0.05, 0) is 47.7 Å². The van der Waals surface area contributed by atoms with Crippen LogP contribution < -0.4 is 10.5 Å². The third-order valence-corrected chi connectivity index (χ3v) is 5.45. The summed E-state index contributed by atoms with van der Waals surface area (Å²) in [5.41, 5.74) is 6.62. The van der Waals surface area contributed by atoms with Crippen molar-refractivity contribution in [2.24, 2.45) is 11.7 Å². The minimum atomic E-state index is -3.37. The van der Waals surface area contributed by atoms with E-state index in [1.165, 1.54) is 4.31 Å². The number of hydrogen-bond acceptors (Lipinski definition) is 4. The van der Waals surface area contributed by atoms with Crippen molar-refractivity contribution in [3.63, 3.8) is 0 Å². The number of thiophene rings is 1. The minimum Gasteiger partial charge on any atom is -0.330 e. The smallest absolute Gasteiger partial charge is 0.279 e. The molecule has 102 valence electrons. The lowest BCUT2D eigenvalue weighted by Crippen LogP contribution is -2.46. The highest BCUT2D eigenvalue weighted by molar-refractivity contribution is 7.87. The highest BCUT2D eigenvalue weighted by Crippen LogP contribution is 2.17. The summed E-state index contributed by atoms with van der Waals surface area (Å²) < 4.78 is 28.4. The first-order valence-electron chi connectivity index (χ1n) is 6.07. The lowest BCUT2D eigenvalue weighted by molar-refractivity contribution is 0.268. The Morgan fingerprint density at radius 3 is 3.06 bits per heavy atom. The number of nitrogens with two attached hydrogens (primary N) is 1. The van der Waals surface area contributed by atoms with Gasteiger partial charge in [-0.15, -0.1) is 0 Å². The van der Waals surface area contributed by atoms with Gasteiger partial charge in [-0.25, -0.2) is 0 Å². The van der Waals surface area contributed by atoms with Crippen LogP contribution in [0.4, 0.5) is 0 Å². The van der Waals surface area contributed by atoms with Crippen LogP contribution in [0.2, 0.25) is 0 Å². The summed E-state index contributed by atoms with van der Waals surface area (Å²) in [6.45, 7) is 2.04. The molecule has 1 fully saturated rings. The van der Waals surface area contributed by atoms with Crippen molar-refractivity contribution < 1.29 is 8.42 Å². The van der Waals surface area contributed by atoms with Gasteiger partial charge in [-0.2, -0.15) is 28.8 Å². The van der Waals surface area contributed by atoms with E-state index < -0.39 is 10.2 Å². The lowest BCUT2D eigenvalue weighted by atomic mass is 10.0. The average molecular weight is 289 g/mol. The molecule has 1 aromatic rings. The van der Waals surface area contributed by atoms with Crippen LogP contribution in [0, 0.1) is 5.92 Å². The summed E-state index contributed by atoms with van der Waals surface area (Å²) in [5, 5.41) is 3.89. The largest absolute Gasteiger partial charge is 0.330 e. The van der Waals surface area contributed by atoms with Crippen LogP contribution in [0.5, 0.6) is 0 Å². The molecule has 1 aliphatic rings. The maximum Gasteiger partial charge on any atom is 0.279 e. The lowest BCUT2D eigenvalue weighted by Gasteiger charge is -2.31. The average Bonchev–Trinajstić information content (AvgIpc) is 2.90. The van der Waals surface area contributed by atoms with Gasteiger partial charge in [-0.3, -0.25) is 0 Å². The van der Waals surface area contributed by atoms with E-state index in [-0.39, 0.29) is 5.92 Å². The third kappa shape index (κ3) is 3.52. The zero-order chi connectivity index (χ0) is 13.0. The number of rotatable bonds is 5. The van der Waals surface area contributed by atoms with E-state index in [1.54, 1.807) is 11.3 Å². The molecule has 7 heteroatoms. The van der Waals surface area contributed by atoms with Gasteiger partial charge in [0, 0.05) is 19.6 Å². The zero-order valence-electron chi connectivity index (χ0n) is 10.2. The summed E-state index contributed by atoms with van der Waals surface area (Å²) in [4.78, 5) is 0. The predicted molar refractivity (Wildman–Crippen MR) is 73.4 cm³/mol. The molecule has 1 aromatic heterocycles. The number of hydrogen-bond donors (Lipinski definition) is 2. The summed E-state index contributed by atoms with van der Waals surface area (Å²) in [5.74, 6) is 0.288. The molecule has 0 radical (unpaired) electrons. The molecule has 2 heterocycles. The molecule has 1 atom stereocenters. The van der Waals surface area contributed by atoms with Crippen LogP contribution in [0.15, 0.2) is 16.8 Å². The zero-order valence-corrected chi connectivity index (χ0v) is 11.8. The highest BCUT2D eigenvalue weighted by atomic mass is 32.2. The molecule has 0 bridgehead atoms. The van der Waals surface area contributed by atoms with Gasteiger partial charge in [0.1, 0.15) is 0 Å². The molecule has 0 aliphatic carbocycles. The van der Waals surface area contributed by atoms with Gasteiger partial charge in [0.2, 0.25) is 0 Å². The first-order chi connectivity index (χ1) is 8.62. The van der Waals surface area contributed by atoms with Gasteiger partial charge in [-0.1, -0.05) is 0 Å². The SMILES string of the molecule is NCC1CCCN(S(=O)(=O)NCc2ccsc2)C1. The monoisotopic (exact) mass is 289 g/mol. The molecular weight excluding hydrogens is 270 g/mol. The van der Waals surface area contributed by atoms with Crippen LogP contribution >= 0.6 is 11.3 Å². The van der Waals surface area contributed by atoms with E-state index in [1.807, 2.05) is 16.8 Å². The molecule has 1 saturated heterocycles. The van der Waals surface area contributed by atoms with Crippen molar-refractivity contribution in [3.8, 4) is 0 Å². The fourth-order valence-corrected chi connectivity index (χ4v) is 4.07. The molecular formula is C11H19N3O2S2. The van der Waals surface area contributed by atoms with E-state index in [0.717, 1.165) is 18.4 Å². The quantitative estimate of drug-likeness (QED) is 0.840.